The second-order valence-electron chi connectivity index (χ2n) is 10.3. The lowest BCUT2D eigenvalue weighted by molar-refractivity contribution is -0.138. The van der Waals surface area contributed by atoms with Crippen LogP contribution in [0.1, 0.15) is 60.2 Å². The van der Waals surface area contributed by atoms with Crippen LogP contribution in [-0.2, 0) is 17.4 Å². The summed E-state index contributed by atoms with van der Waals surface area (Å²) in [6.07, 6.45) is -0.235. The molecule has 0 radical (unpaired) electrons. The van der Waals surface area contributed by atoms with Gasteiger partial charge in [0.25, 0.3) is 5.91 Å². The van der Waals surface area contributed by atoms with Crippen LogP contribution < -0.4 is 10.1 Å². The van der Waals surface area contributed by atoms with Gasteiger partial charge in [0.15, 0.2) is 0 Å². The normalized spacial score (nSPS) is 11.7. The molecule has 6 nitrogen and oxygen atoms in total. The topological polar surface area (TPSA) is 88.5 Å². The number of carboxylic acids is 1. The number of nitrogens with one attached hydrogen (secondary N) is 1. The molecule has 39 heavy (non-hydrogen) atoms. The van der Waals surface area contributed by atoms with Crippen molar-refractivity contribution in [1.29, 1.82) is 0 Å². The van der Waals surface area contributed by atoms with Crippen LogP contribution in [0.4, 0.5) is 13.2 Å². The zero-order chi connectivity index (χ0) is 28.6. The molecule has 0 fully saturated rings. The number of alkyl halides is 3. The second-order valence-corrected chi connectivity index (χ2v) is 10.3. The largest absolute Gasteiger partial charge is 0.491 e. The van der Waals surface area contributed by atoms with Crippen molar-refractivity contribution in [2.75, 3.05) is 13.2 Å². The highest BCUT2D eigenvalue weighted by molar-refractivity contribution is 5.94. The maximum Gasteiger partial charge on any atom is 0.416 e. The molecule has 1 aromatic heterocycles. The van der Waals surface area contributed by atoms with Gasteiger partial charge in [0.05, 0.1) is 30.5 Å². The number of hydrogen-bond donors (Lipinski definition) is 2. The molecule has 0 saturated heterocycles. The molecule has 3 aromatic rings. The Labute approximate surface area is 226 Å². The highest BCUT2D eigenvalue weighted by atomic mass is 19.4. The number of aliphatic carboxylic acids is 1. The van der Waals surface area contributed by atoms with Crippen molar-refractivity contribution in [3.63, 3.8) is 0 Å². The summed E-state index contributed by atoms with van der Waals surface area (Å²) >= 11 is 0. The van der Waals surface area contributed by atoms with Crippen LogP contribution in [0, 0.1) is 12.3 Å². The summed E-state index contributed by atoms with van der Waals surface area (Å²) in [5, 5.41) is 11.2. The number of benzene rings is 2. The molecule has 0 unspecified atom stereocenters. The van der Waals surface area contributed by atoms with Crippen LogP contribution in [0.3, 0.4) is 0 Å². The zero-order valence-electron chi connectivity index (χ0n) is 22.3. The lowest BCUT2D eigenvalue weighted by atomic mass is 9.87. The van der Waals surface area contributed by atoms with E-state index >= 15 is 0 Å². The van der Waals surface area contributed by atoms with E-state index in [1.807, 2.05) is 25.1 Å². The molecular formula is C30H33F3N2O4. The maximum atomic E-state index is 12.8. The van der Waals surface area contributed by atoms with Crippen LogP contribution in [0.5, 0.6) is 5.75 Å². The summed E-state index contributed by atoms with van der Waals surface area (Å²) in [6, 6.07) is 14.1. The van der Waals surface area contributed by atoms with Crippen LogP contribution in [-0.4, -0.2) is 35.1 Å². The molecule has 0 atom stereocenters. The van der Waals surface area contributed by atoms with Gasteiger partial charge in [-0.1, -0.05) is 38.1 Å². The average Bonchev–Trinajstić information content (AvgIpc) is 2.87. The number of aromatic nitrogens is 1. The summed E-state index contributed by atoms with van der Waals surface area (Å²) in [4.78, 5) is 27.1. The SMILES string of the molecule is Cc1cc(OCC(C)(C)CCCc2ccc(C(=O)NCCC(=O)O)cc2)cnc1-c1ccc(C(F)(F)F)cc1. The van der Waals surface area contributed by atoms with Crippen LogP contribution >= 0.6 is 0 Å². The van der Waals surface area contributed by atoms with Gasteiger partial charge in [-0.3, -0.25) is 14.6 Å². The van der Waals surface area contributed by atoms with E-state index in [1.165, 1.54) is 12.1 Å². The number of carbonyl (C=O) groups is 2. The molecule has 0 aliphatic carbocycles. The van der Waals surface area contributed by atoms with Gasteiger partial charge in [-0.05, 0) is 73.1 Å². The number of nitrogens with zero attached hydrogens (tertiary/aromatic N) is 1. The Morgan fingerprint density at radius 2 is 1.69 bits per heavy atom. The van der Waals surface area contributed by atoms with Crippen molar-refractivity contribution in [3.05, 3.63) is 83.0 Å². The molecule has 0 aliphatic heterocycles. The van der Waals surface area contributed by atoms with E-state index in [0.717, 1.165) is 42.5 Å². The number of ether oxygens (including phenoxy) is 1. The zero-order valence-corrected chi connectivity index (χ0v) is 22.3. The standard InChI is InChI=1S/C30H33F3N2O4/c1-20-17-25(18-35-27(20)22-10-12-24(13-11-22)30(31,32)33)39-19-29(2,3)15-4-5-21-6-8-23(9-7-21)28(38)34-16-14-26(36)37/h6-13,17-18H,4-5,14-16,19H2,1-3H3,(H,34,38)(H,36,37). The number of halogens is 3. The Balaban J connectivity index is 1.47. The van der Waals surface area contributed by atoms with Crippen LogP contribution in [0.25, 0.3) is 11.3 Å². The smallest absolute Gasteiger partial charge is 0.416 e. The number of aryl methyl sites for hydroxylation is 2. The fourth-order valence-electron chi connectivity index (χ4n) is 4.08. The first kappa shape index (κ1) is 29.7. The van der Waals surface area contributed by atoms with E-state index in [0.29, 0.717) is 29.2 Å². The van der Waals surface area contributed by atoms with E-state index in [9.17, 15) is 22.8 Å². The Morgan fingerprint density at radius 1 is 1.03 bits per heavy atom. The number of carboxylic acid groups (broad SMARTS) is 1. The molecule has 0 aliphatic rings. The van der Waals surface area contributed by atoms with E-state index in [1.54, 1.807) is 18.3 Å². The summed E-state index contributed by atoms with van der Waals surface area (Å²) in [5.41, 5.74) is 2.82. The predicted molar refractivity (Wildman–Crippen MR) is 143 cm³/mol. The first-order chi connectivity index (χ1) is 18.3. The Hall–Kier alpha value is -3.88. The van der Waals surface area contributed by atoms with Crippen molar-refractivity contribution in [1.82, 2.24) is 10.3 Å². The average molecular weight is 543 g/mol. The molecule has 3 rings (SSSR count). The molecule has 1 heterocycles. The number of rotatable bonds is 12. The van der Waals surface area contributed by atoms with Gasteiger partial charge in [0.2, 0.25) is 0 Å². The van der Waals surface area contributed by atoms with Gasteiger partial charge in [0, 0.05) is 17.7 Å². The van der Waals surface area contributed by atoms with Gasteiger partial charge in [0.1, 0.15) is 5.75 Å². The molecule has 0 saturated carbocycles. The summed E-state index contributed by atoms with van der Waals surface area (Å²) in [6.45, 7) is 6.65. The summed E-state index contributed by atoms with van der Waals surface area (Å²) < 4.78 is 44.5. The quantitative estimate of drug-likeness (QED) is 0.266. The third-order valence-electron chi connectivity index (χ3n) is 6.33. The molecule has 2 aromatic carbocycles. The van der Waals surface area contributed by atoms with E-state index in [2.05, 4.69) is 24.1 Å². The molecule has 9 heteroatoms. The van der Waals surface area contributed by atoms with E-state index in [4.69, 9.17) is 9.84 Å². The Kier molecular flexibility index (Phi) is 9.72. The third kappa shape index (κ3) is 9.12. The van der Waals surface area contributed by atoms with Crippen molar-refractivity contribution in [3.8, 4) is 17.0 Å². The minimum Gasteiger partial charge on any atom is -0.491 e. The first-order valence-electron chi connectivity index (χ1n) is 12.7. The van der Waals surface area contributed by atoms with Gasteiger partial charge >= 0.3 is 12.1 Å². The van der Waals surface area contributed by atoms with Gasteiger partial charge in [-0.2, -0.15) is 13.2 Å². The predicted octanol–water partition coefficient (Wildman–Crippen LogP) is 6.71. The summed E-state index contributed by atoms with van der Waals surface area (Å²) in [7, 11) is 0. The van der Waals surface area contributed by atoms with Crippen LogP contribution in [0.15, 0.2) is 60.8 Å². The van der Waals surface area contributed by atoms with Crippen molar-refractivity contribution < 1.29 is 32.6 Å². The minimum absolute atomic E-state index is 0.0893. The molecular weight excluding hydrogens is 509 g/mol. The van der Waals surface area contributed by atoms with Gasteiger partial charge < -0.3 is 15.2 Å². The maximum absolute atomic E-state index is 12.8. The highest BCUT2D eigenvalue weighted by Crippen LogP contribution is 2.32. The summed E-state index contributed by atoms with van der Waals surface area (Å²) in [5.74, 6) is -0.646. The molecule has 0 spiro atoms. The monoisotopic (exact) mass is 542 g/mol. The fraction of sp³-hybridized carbons (Fsp3) is 0.367. The van der Waals surface area contributed by atoms with Crippen LogP contribution in [0.2, 0.25) is 0 Å². The number of amides is 1. The third-order valence-corrected chi connectivity index (χ3v) is 6.33. The van der Waals surface area contributed by atoms with Gasteiger partial charge in [-0.15, -0.1) is 0 Å². The molecule has 0 bridgehead atoms. The fourth-order valence-corrected chi connectivity index (χ4v) is 4.08. The first-order valence-corrected chi connectivity index (χ1v) is 12.7. The minimum atomic E-state index is -4.38. The van der Waals surface area contributed by atoms with E-state index in [-0.39, 0.29) is 24.3 Å². The second kappa shape index (κ2) is 12.8. The number of pyridine rings is 1. The molecule has 1 amide bonds. The Morgan fingerprint density at radius 3 is 2.28 bits per heavy atom. The van der Waals surface area contributed by atoms with E-state index < -0.39 is 17.7 Å². The van der Waals surface area contributed by atoms with Crippen molar-refractivity contribution in [2.24, 2.45) is 5.41 Å². The lowest BCUT2D eigenvalue weighted by Gasteiger charge is -2.25. The van der Waals surface area contributed by atoms with Crippen molar-refractivity contribution >= 4 is 11.9 Å². The lowest BCUT2D eigenvalue weighted by Crippen LogP contribution is -2.25. The highest BCUT2D eigenvalue weighted by Gasteiger charge is 2.30. The molecule has 208 valence electrons. The van der Waals surface area contributed by atoms with Gasteiger partial charge in [-0.25, -0.2) is 0 Å². The van der Waals surface area contributed by atoms with Crippen molar-refractivity contribution in [2.45, 2.75) is 52.6 Å². The number of carbonyl (C=O) groups excluding carboxylic acids is 1. The molecule has 2 N–H and O–H groups in total. The Bertz CT molecular complexity index is 1270. The number of hydrogen-bond acceptors (Lipinski definition) is 4.